The number of nitrogens with one attached hydrogen (secondary N) is 1. The maximum absolute atomic E-state index is 9.53. The predicted octanol–water partition coefficient (Wildman–Crippen LogP) is 5.43. The number of aromatic hydroxyl groups is 1. The van der Waals surface area contributed by atoms with Crippen molar-refractivity contribution in [3.05, 3.63) is 59.7 Å². The van der Waals surface area contributed by atoms with E-state index in [1.807, 2.05) is 13.0 Å². The van der Waals surface area contributed by atoms with Gasteiger partial charge in [0, 0.05) is 5.69 Å². The van der Waals surface area contributed by atoms with Gasteiger partial charge in [0.1, 0.15) is 5.75 Å². The largest absolute Gasteiger partial charge is 0.508 e. The molecule has 0 heterocycles. The van der Waals surface area contributed by atoms with Crippen LogP contribution in [0.15, 0.2) is 48.5 Å². The zero-order valence-electron chi connectivity index (χ0n) is 13.0. The van der Waals surface area contributed by atoms with Crippen LogP contribution < -0.4 is 5.32 Å². The standard InChI is InChI=1S/C19H25NO/c1-3-4-6-11-19(16-9-7-5-8-10-16)20-18-13-12-17(21)14-15(18)2/h5,7-10,12-14,19-21H,3-4,6,11H2,1-2H3. The molecule has 1 unspecified atom stereocenters. The van der Waals surface area contributed by atoms with Crippen LogP contribution in [0.2, 0.25) is 0 Å². The average Bonchev–Trinajstić information content (AvgIpc) is 2.49. The Labute approximate surface area is 127 Å². The minimum atomic E-state index is 0.320. The van der Waals surface area contributed by atoms with Crippen molar-refractivity contribution in [3.63, 3.8) is 0 Å². The van der Waals surface area contributed by atoms with Gasteiger partial charge in [0.2, 0.25) is 0 Å². The fourth-order valence-electron chi connectivity index (χ4n) is 2.60. The van der Waals surface area contributed by atoms with Gasteiger partial charge < -0.3 is 10.4 Å². The second kappa shape index (κ2) is 7.72. The Morgan fingerprint density at radius 2 is 1.81 bits per heavy atom. The summed E-state index contributed by atoms with van der Waals surface area (Å²) in [4.78, 5) is 0. The molecule has 0 saturated heterocycles. The van der Waals surface area contributed by atoms with Crippen molar-refractivity contribution in [1.82, 2.24) is 0 Å². The van der Waals surface area contributed by atoms with Crippen molar-refractivity contribution >= 4 is 5.69 Å². The maximum atomic E-state index is 9.53. The van der Waals surface area contributed by atoms with Gasteiger partial charge in [-0.2, -0.15) is 0 Å². The molecule has 0 aliphatic rings. The number of rotatable bonds is 7. The second-order valence-electron chi connectivity index (χ2n) is 5.60. The summed E-state index contributed by atoms with van der Waals surface area (Å²) < 4.78 is 0. The molecule has 0 amide bonds. The van der Waals surface area contributed by atoms with Gasteiger partial charge in [-0.1, -0.05) is 56.5 Å². The Morgan fingerprint density at radius 1 is 1.05 bits per heavy atom. The lowest BCUT2D eigenvalue weighted by Crippen LogP contribution is -2.11. The maximum Gasteiger partial charge on any atom is 0.115 e. The number of aryl methyl sites for hydroxylation is 1. The number of phenolic OH excluding ortho intramolecular Hbond substituents is 1. The van der Waals surface area contributed by atoms with Crippen LogP contribution in [0.1, 0.15) is 49.8 Å². The van der Waals surface area contributed by atoms with E-state index < -0.39 is 0 Å². The highest BCUT2D eigenvalue weighted by Crippen LogP contribution is 2.28. The van der Waals surface area contributed by atoms with Crippen molar-refractivity contribution in [3.8, 4) is 5.75 Å². The molecule has 0 aliphatic carbocycles. The lowest BCUT2D eigenvalue weighted by Gasteiger charge is -2.22. The third-order valence-corrected chi connectivity index (χ3v) is 3.84. The van der Waals surface area contributed by atoms with Gasteiger partial charge in [-0.25, -0.2) is 0 Å². The normalized spacial score (nSPS) is 12.1. The number of hydrogen-bond acceptors (Lipinski definition) is 2. The average molecular weight is 283 g/mol. The number of anilines is 1. The Bertz CT molecular complexity index is 551. The summed E-state index contributed by atoms with van der Waals surface area (Å²) in [5, 5.41) is 13.2. The molecule has 0 aromatic heterocycles. The summed E-state index contributed by atoms with van der Waals surface area (Å²) >= 11 is 0. The number of unbranched alkanes of at least 4 members (excludes halogenated alkanes) is 2. The van der Waals surface area contributed by atoms with E-state index in [-0.39, 0.29) is 0 Å². The van der Waals surface area contributed by atoms with E-state index in [0.29, 0.717) is 11.8 Å². The van der Waals surface area contributed by atoms with Crippen molar-refractivity contribution in [2.45, 2.75) is 45.6 Å². The van der Waals surface area contributed by atoms with Gasteiger partial charge >= 0.3 is 0 Å². The summed E-state index contributed by atoms with van der Waals surface area (Å²) in [7, 11) is 0. The molecule has 0 bridgehead atoms. The van der Waals surface area contributed by atoms with E-state index in [9.17, 15) is 5.11 Å². The van der Waals surface area contributed by atoms with Gasteiger partial charge in [0.05, 0.1) is 6.04 Å². The molecule has 2 aromatic rings. The summed E-state index contributed by atoms with van der Waals surface area (Å²) in [6.07, 6.45) is 4.84. The van der Waals surface area contributed by atoms with Crippen LogP contribution in [0.25, 0.3) is 0 Å². The second-order valence-corrected chi connectivity index (χ2v) is 5.60. The molecule has 0 fully saturated rings. The first-order valence-electron chi connectivity index (χ1n) is 7.82. The lowest BCUT2D eigenvalue weighted by atomic mass is 9.99. The van der Waals surface area contributed by atoms with E-state index in [2.05, 4.69) is 42.6 Å². The Morgan fingerprint density at radius 3 is 2.48 bits per heavy atom. The van der Waals surface area contributed by atoms with Crippen molar-refractivity contribution in [2.24, 2.45) is 0 Å². The van der Waals surface area contributed by atoms with Gasteiger partial charge in [0.15, 0.2) is 0 Å². The number of hydrogen-bond donors (Lipinski definition) is 2. The van der Waals surface area contributed by atoms with E-state index >= 15 is 0 Å². The topological polar surface area (TPSA) is 32.3 Å². The molecule has 2 rings (SSSR count). The highest BCUT2D eigenvalue weighted by atomic mass is 16.3. The van der Waals surface area contributed by atoms with E-state index in [0.717, 1.165) is 17.7 Å². The minimum absolute atomic E-state index is 0.320. The first-order valence-corrected chi connectivity index (χ1v) is 7.82. The summed E-state index contributed by atoms with van der Waals surface area (Å²) in [5.74, 6) is 0.320. The van der Waals surface area contributed by atoms with Crippen LogP contribution >= 0.6 is 0 Å². The minimum Gasteiger partial charge on any atom is -0.508 e. The van der Waals surface area contributed by atoms with Crippen molar-refractivity contribution < 1.29 is 5.11 Å². The molecule has 0 spiro atoms. The molecule has 0 radical (unpaired) electrons. The van der Waals surface area contributed by atoms with E-state index in [1.165, 1.54) is 24.8 Å². The van der Waals surface area contributed by atoms with E-state index in [4.69, 9.17) is 0 Å². The highest BCUT2D eigenvalue weighted by Gasteiger charge is 2.12. The predicted molar refractivity (Wildman–Crippen MR) is 89.8 cm³/mol. The Kier molecular flexibility index (Phi) is 5.68. The third kappa shape index (κ3) is 4.52. The Hall–Kier alpha value is -1.96. The quantitative estimate of drug-likeness (QED) is 0.524. The lowest BCUT2D eigenvalue weighted by molar-refractivity contribution is 0.475. The molecular weight excluding hydrogens is 258 g/mol. The van der Waals surface area contributed by atoms with Gasteiger partial charge in [-0.3, -0.25) is 0 Å². The van der Waals surface area contributed by atoms with Crippen LogP contribution in [0.5, 0.6) is 5.75 Å². The fraction of sp³-hybridized carbons (Fsp3) is 0.368. The number of phenols is 1. The Balaban J connectivity index is 2.15. The van der Waals surface area contributed by atoms with E-state index in [1.54, 1.807) is 12.1 Å². The fourth-order valence-corrected chi connectivity index (χ4v) is 2.60. The molecule has 2 N–H and O–H groups in total. The molecule has 1 atom stereocenters. The molecule has 2 heteroatoms. The van der Waals surface area contributed by atoms with Gasteiger partial charge in [-0.05, 0) is 42.7 Å². The van der Waals surface area contributed by atoms with Crippen molar-refractivity contribution in [1.29, 1.82) is 0 Å². The van der Waals surface area contributed by atoms with Gasteiger partial charge in [0.25, 0.3) is 0 Å². The SMILES string of the molecule is CCCCCC(Nc1ccc(O)cc1C)c1ccccc1. The van der Waals surface area contributed by atoms with Crippen LogP contribution in [0.3, 0.4) is 0 Å². The molecule has 112 valence electrons. The van der Waals surface area contributed by atoms with Crippen LogP contribution in [-0.4, -0.2) is 5.11 Å². The van der Waals surface area contributed by atoms with Gasteiger partial charge in [-0.15, -0.1) is 0 Å². The summed E-state index contributed by atoms with van der Waals surface area (Å²) in [6.45, 7) is 4.26. The summed E-state index contributed by atoms with van der Waals surface area (Å²) in [6, 6.07) is 16.4. The zero-order chi connectivity index (χ0) is 15.1. The first-order chi connectivity index (χ1) is 10.2. The summed E-state index contributed by atoms with van der Waals surface area (Å²) in [5.41, 5.74) is 3.49. The zero-order valence-corrected chi connectivity index (χ0v) is 13.0. The molecule has 0 aliphatic heterocycles. The monoisotopic (exact) mass is 283 g/mol. The molecule has 2 nitrogen and oxygen atoms in total. The van der Waals surface area contributed by atoms with Crippen LogP contribution in [0.4, 0.5) is 5.69 Å². The molecule has 0 saturated carbocycles. The third-order valence-electron chi connectivity index (χ3n) is 3.84. The highest BCUT2D eigenvalue weighted by molar-refractivity contribution is 5.54. The molecule has 2 aromatic carbocycles. The molecular formula is C19H25NO. The molecule has 21 heavy (non-hydrogen) atoms. The smallest absolute Gasteiger partial charge is 0.115 e. The van der Waals surface area contributed by atoms with Crippen molar-refractivity contribution in [2.75, 3.05) is 5.32 Å². The first kappa shape index (κ1) is 15.4. The van der Waals surface area contributed by atoms with Crippen LogP contribution in [0, 0.1) is 6.92 Å². The number of benzene rings is 2. The van der Waals surface area contributed by atoms with Crippen LogP contribution in [-0.2, 0) is 0 Å².